The Hall–Kier alpha value is -1.57. The Labute approximate surface area is 102 Å². The molecule has 2 heteroatoms. The van der Waals surface area contributed by atoms with Gasteiger partial charge in [-0.3, -0.25) is 0 Å². The van der Waals surface area contributed by atoms with Crippen LogP contribution in [0, 0.1) is 5.41 Å². The van der Waals surface area contributed by atoms with E-state index in [0.29, 0.717) is 0 Å². The summed E-state index contributed by atoms with van der Waals surface area (Å²) in [5, 5.41) is 0. The standard InChI is InChI=1S/C15H18O2/c1-15(2)9-8-11-6-4-5-7-12(11)10-13(15)14(16)17-3/h4-7,10H,8-9H2,1-3H3. The zero-order chi connectivity index (χ0) is 12.5. The molecule has 2 nitrogen and oxygen atoms in total. The second kappa shape index (κ2) is 4.36. The Balaban J connectivity index is 2.52. The maximum Gasteiger partial charge on any atom is 0.334 e. The van der Waals surface area contributed by atoms with Crippen molar-refractivity contribution in [2.24, 2.45) is 5.41 Å². The Kier molecular flexibility index (Phi) is 3.05. The van der Waals surface area contributed by atoms with Gasteiger partial charge in [0.05, 0.1) is 7.11 Å². The van der Waals surface area contributed by atoms with Crippen LogP contribution in [0.4, 0.5) is 0 Å². The quantitative estimate of drug-likeness (QED) is 0.692. The van der Waals surface area contributed by atoms with Gasteiger partial charge in [0.1, 0.15) is 0 Å². The van der Waals surface area contributed by atoms with E-state index in [4.69, 9.17) is 4.74 Å². The van der Waals surface area contributed by atoms with Crippen LogP contribution < -0.4 is 0 Å². The van der Waals surface area contributed by atoms with Gasteiger partial charge in [-0.15, -0.1) is 0 Å². The molecule has 0 spiro atoms. The SMILES string of the molecule is COC(=O)C1=Cc2ccccc2CCC1(C)C. The first-order chi connectivity index (χ1) is 8.04. The lowest BCUT2D eigenvalue weighted by Gasteiger charge is -2.24. The van der Waals surface area contributed by atoms with Crippen LogP contribution in [-0.4, -0.2) is 13.1 Å². The largest absolute Gasteiger partial charge is 0.466 e. The average Bonchev–Trinajstić information content (AvgIpc) is 2.46. The van der Waals surface area contributed by atoms with Gasteiger partial charge in [-0.05, 0) is 35.5 Å². The molecule has 90 valence electrons. The number of esters is 1. The predicted molar refractivity (Wildman–Crippen MR) is 68.5 cm³/mol. The summed E-state index contributed by atoms with van der Waals surface area (Å²) in [5.74, 6) is -0.216. The number of hydrogen-bond acceptors (Lipinski definition) is 2. The molecule has 0 fully saturated rings. The Bertz CT molecular complexity index is 470. The highest BCUT2D eigenvalue weighted by Gasteiger charge is 2.31. The predicted octanol–water partition coefficient (Wildman–Crippen LogP) is 3.22. The normalized spacial score (nSPS) is 17.7. The molecule has 0 saturated heterocycles. The van der Waals surface area contributed by atoms with E-state index in [1.54, 1.807) is 0 Å². The number of carbonyl (C=O) groups is 1. The molecule has 1 aliphatic rings. The van der Waals surface area contributed by atoms with Crippen molar-refractivity contribution in [3.05, 3.63) is 41.0 Å². The summed E-state index contributed by atoms with van der Waals surface area (Å²) in [6.07, 6.45) is 3.94. The number of fused-ring (bicyclic) bond motifs is 1. The number of aryl methyl sites for hydroxylation is 1. The van der Waals surface area contributed by atoms with Gasteiger partial charge in [-0.2, -0.15) is 0 Å². The number of ether oxygens (including phenoxy) is 1. The van der Waals surface area contributed by atoms with Gasteiger partial charge in [0.25, 0.3) is 0 Å². The third-order valence-electron chi connectivity index (χ3n) is 3.51. The molecule has 0 N–H and O–H groups in total. The van der Waals surface area contributed by atoms with Crippen LogP contribution in [0.5, 0.6) is 0 Å². The minimum absolute atomic E-state index is 0.133. The highest BCUT2D eigenvalue weighted by molar-refractivity contribution is 5.95. The van der Waals surface area contributed by atoms with Crippen LogP contribution in [0.15, 0.2) is 29.8 Å². The molecule has 0 amide bonds. The summed E-state index contributed by atoms with van der Waals surface area (Å²) in [6.45, 7) is 4.20. The van der Waals surface area contributed by atoms with Crippen molar-refractivity contribution in [2.45, 2.75) is 26.7 Å². The molecule has 0 unspecified atom stereocenters. The van der Waals surface area contributed by atoms with Crippen molar-refractivity contribution in [1.29, 1.82) is 0 Å². The first-order valence-electron chi connectivity index (χ1n) is 5.93. The lowest BCUT2D eigenvalue weighted by Crippen LogP contribution is -2.22. The molecule has 0 heterocycles. The van der Waals surface area contributed by atoms with Gasteiger partial charge in [0.15, 0.2) is 0 Å². The molecular formula is C15H18O2. The third-order valence-corrected chi connectivity index (χ3v) is 3.51. The van der Waals surface area contributed by atoms with Crippen LogP contribution in [0.25, 0.3) is 6.08 Å². The highest BCUT2D eigenvalue weighted by Crippen LogP contribution is 2.37. The minimum Gasteiger partial charge on any atom is -0.466 e. The number of methoxy groups -OCH3 is 1. The number of carbonyl (C=O) groups excluding carboxylic acids is 1. The van der Waals surface area contributed by atoms with Crippen molar-refractivity contribution in [1.82, 2.24) is 0 Å². The Morgan fingerprint density at radius 2 is 2.00 bits per heavy atom. The van der Waals surface area contributed by atoms with E-state index in [2.05, 4.69) is 26.0 Å². The zero-order valence-electron chi connectivity index (χ0n) is 10.6. The lowest BCUT2D eigenvalue weighted by atomic mass is 9.80. The van der Waals surface area contributed by atoms with Gasteiger partial charge in [0.2, 0.25) is 0 Å². The summed E-state index contributed by atoms with van der Waals surface area (Å²) >= 11 is 0. The van der Waals surface area contributed by atoms with Crippen LogP contribution in [0.1, 0.15) is 31.4 Å². The molecular weight excluding hydrogens is 212 g/mol. The molecule has 0 atom stereocenters. The summed E-state index contributed by atoms with van der Waals surface area (Å²) in [4.78, 5) is 11.9. The molecule has 1 aromatic carbocycles. The Morgan fingerprint density at radius 3 is 2.71 bits per heavy atom. The summed E-state index contributed by atoms with van der Waals surface area (Å²) in [5.41, 5.74) is 3.08. The van der Waals surface area contributed by atoms with Crippen molar-refractivity contribution in [3.63, 3.8) is 0 Å². The second-order valence-corrected chi connectivity index (χ2v) is 5.13. The van der Waals surface area contributed by atoms with E-state index in [1.807, 2.05) is 18.2 Å². The van der Waals surface area contributed by atoms with E-state index in [-0.39, 0.29) is 11.4 Å². The first-order valence-corrected chi connectivity index (χ1v) is 5.93. The van der Waals surface area contributed by atoms with Gasteiger partial charge < -0.3 is 4.74 Å². The maximum atomic E-state index is 11.9. The number of benzene rings is 1. The average molecular weight is 230 g/mol. The van der Waals surface area contributed by atoms with Gasteiger partial charge >= 0.3 is 5.97 Å². The molecule has 17 heavy (non-hydrogen) atoms. The van der Waals surface area contributed by atoms with Crippen molar-refractivity contribution < 1.29 is 9.53 Å². The van der Waals surface area contributed by atoms with Crippen LogP contribution in [-0.2, 0) is 16.0 Å². The smallest absolute Gasteiger partial charge is 0.334 e. The van der Waals surface area contributed by atoms with Crippen molar-refractivity contribution >= 4 is 12.0 Å². The lowest BCUT2D eigenvalue weighted by molar-refractivity contribution is -0.137. The van der Waals surface area contributed by atoms with Gasteiger partial charge in [-0.1, -0.05) is 38.1 Å². The number of rotatable bonds is 1. The third kappa shape index (κ3) is 2.26. The second-order valence-electron chi connectivity index (χ2n) is 5.13. The van der Waals surface area contributed by atoms with Crippen LogP contribution in [0.2, 0.25) is 0 Å². The van der Waals surface area contributed by atoms with Crippen molar-refractivity contribution in [2.75, 3.05) is 7.11 Å². The van der Waals surface area contributed by atoms with E-state index in [1.165, 1.54) is 12.7 Å². The molecule has 0 radical (unpaired) electrons. The fourth-order valence-electron chi connectivity index (χ4n) is 2.28. The van der Waals surface area contributed by atoms with Crippen molar-refractivity contribution in [3.8, 4) is 0 Å². The fourth-order valence-corrected chi connectivity index (χ4v) is 2.28. The first kappa shape index (κ1) is 11.9. The van der Waals surface area contributed by atoms with Crippen LogP contribution >= 0.6 is 0 Å². The van der Waals surface area contributed by atoms with E-state index in [0.717, 1.165) is 24.0 Å². The minimum atomic E-state index is -0.216. The maximum absolute atomic E-state index is 11.9. The fraction of sp³-hybridized carbons (Fsp3) is 0.400. The molecule has 0 bridgehead atoms. The summed E-state index contributed by atoms with van der Waals surface area (Å²) in [7, 11) is 1.44. The van der Waals surface area contributed by atoms with Crippen LogP contribution in [0.3, 0.4) is 0 Å². The molecule has 0 saturated carbocycles. The number of hydrogen-bond donors (Lipinski definition) is 0. The molecule has 0 aromatic heterocycles. The topological polar surface area (TPSA) is 26.3 Å². The van der Waals surface area contributed by atoms with E-state index in [9.17, 15) is 4.79 Å². The summed E-state index contributed by atoms with van der Waals surface area (Å²) < 4.78 is 4.89. The molecule has 0 aliphatic heterocycles. The molecule has 2 rings (SSSR count). The molecule has 1 aliphatic carbocycles. The molecule has 1 aromatic rings. The Morgan fingerprint density at radius 1 is 1.29 bits per heavy atom. The monoisotopic (exact) mass is 230 g/mol. The van der Waals surface area contributed by atoms with E-state index < -0.39 is 0 Å². The van der Waals surface area contributed by atoms with Gasteiger partial charge in [0, 0.05) is 5.57 Å². The zero-order valence-corrected chi connectivity index (χ0v) is 10.6. The summed E-state index contributed by atoms with van der Waals surface area (Å²) in [6, 6.07) is 8.23. The van der Waals surface area contributed by atoms with E-state index >= 15 is 0 Å². The van der Waals surface area contributed by atoms with Gasteiger partial charge in [-0.25, -0.2) is 4.79 Å². The highest BCUT2D eigenvalue weighted by atomic mass is 16.5.